The van der Waals surface area contributed by atoms with Crippen LogP contribution < -0.4 is 4.98 Å². The van der Waals surface area contributed by atoms with Crippen LogP contribution in [0.15, 0.2) is 24.3 Å². The molecule has 0 bridgehead atoms. The van der Waals surface area contributed by atoms with Crippen LogP contribution in [0.5, 0.6) is 0 Å². The minimum Gasteiger partial charge on any atom is -0.352 e. The SMILES string of the molecule is Cc1ccc(N[Si](OC(C)(C)C)(OC(C)(C)C)OC(C)(C)C)cc1. The van der Waals surface area contributed by atoms with Gasteiger partial charge in [0.25, 0.3) is 0 Å². The maximum Gasteiger partial charge on any atom is 0.632 e. The third-order valence-electron chi connectivity index (χ3n) is 2.67. The Morgan fingerprint density at radius 2 is 1.00 bits per heavy atom. The van der Waals surface area contributed by atoms with E-state index in [2.05, 4.69) is 24.0 Å². The Kier molecular flexibility index (Phi) is 6.31. The molecule has 0 saturated carbocycles. The fraction of sp³-hybridized carbons (Fsp3) is 0.684. The van der Waals surface area contributed by atoms with Gasteiger partial charge in [0.1, 0.15) is 0 Å². The normalized spacial score (nSPS) is 13.9. The minimum absolute atomic E-state index is 0.402. The maximum absolute atomic E-state index is 6.40. The van der Waals surface area contributed by atoms with Crippen molar-refractivity contribution in [1.82, 2.24) is 0 Å². The van der Waals surface area contributed by atoms with Crippen molar-refractivity contribution in [1.29, 1.82) is 0 Å². The summed E-state index contributed by atoms with van der Waals surface area (Å²) in [4.78, 5) is 3.46. The molecule has 0 aliphatic carbocycles. The van der Waals surface area contributed by atoms with Gasteiger partial charge < -0.3 is 18.3 Å². The number of benzene rings is 1. The first kappa shape index (κ1) is 21.2. The van der Waals surface area contributed by atoms with Crippen LogP contribution in [-0.2, 0) is 13.3 Å². The lowest BCUT2D eigenvalue weighted by Crippen LogP contribution is -2.62. The lowest BCUT2D eigenvalue weighted by molar-refractivity contribution is -0.0706. The molecule has 0 amide bonds. The summed E-state index contributed by atoms with van der Waals surface area (Å²) in [5, 5.41) is 0. The molecule has 0 atom stereocenters. The Labute approximate surface area is 149 Å². The van der Waals surface area contributed by atoms with Gasteiger partial charge in [0, 0.05) is 5.69 Å². The van der Waals surface area contributed by atoms with Gasteiger partial charge in [0.15, 0.2) is 0 Å². The zero-order chi connectivity index (χ0) is 18.8. The molecule has 1 N–H and O–H groups in total. The quantitative estimate of drug-likeness (QED) is 0.730. The van der Waals surface area contributed by atoms with E-state index in [-0.39, 0.29) is 0 Å². The van der Waals surface area contributed by atoms with Crippen LogP contribution in [0, 0.1) is 6.92 Å². The van der Waals surface area contributed by atoms with Crippen LogP contribution in [0.4, 0.5) is 5.69 Å². The molecule has 4 nitrogen and oxygen atoms in total. The predicted molar refractivity (Wildman–Crippen MR) is 103 cm³/mol. The van der Waals surface area contributed by atoms with E-state index in [0.717, 1.165) is 5.69 Å². The van der Waals surface area contributed by atoms with E-state index in [1.54, 1.807) is 0 Å². The summed E-state index contributed by atoms with van der Waals surface area (Å²) < 4.78 is 19.2. The average molecular weight is 354 g/mol. The largest absolute Gasteiger partial charge is 0.632 e. The Bertz CT molecular complexity index is 481. The summed E-state index contributed by atoms with van der Waals surface area (Å²) in [7, 11) is -3.21. The van der Waals surface area contributed by atoms with Gasteiger partial charge in [-0.05, 0) is 81.4 Å². The summed E-state index contributed by atoms with van der Waals surface area (Å²) in [6.07, 6.45) is 0. The predicted octanol–water partition coefficient (Wildman–Crippen LogP) is 5.29. The van der Waals surface area contributed by atoms with Crippen LogP contribution in [0.2, 0.25) is 0 Å². The lowest BCUT2D eigenvalue weighted by atomic mass is 10.2. The third kappa shape index (κ3) is 8.28. The molecule has 5 heteroatoms. The third-order valence-corrected chi connectivity index (χ3v) is 5.91. The van der Waals surface area contributed by atoms with Gasteiger partial charge in [0.2, 0.25) is 0 Å². The number of aryl methyl sites for hydroxylation is 1. The molecule has 0 saturated heterocycles. The number of hydrogen-bond acceptors (Lipinski definition) is 4. The van der Waals surface area contributed by atoms with Crippen molar-refractivity contribution < 1.29 is 13.3 Å². The smallest absolute Gasteiger partial charge is 0.352 e. The van der Waals surface area contributed by atoms with Crippen LogP contribution >= 0.6 is 0 Å². The van der Waals surface area contributed by atoms with Crippen molar-refractivity contribution in [2.24, 2.45) is 0 Å². The van der Waals surface area contributed by atoms with Gasteiger partial charge in [-0.15, -0.1) is 0 Å². The van der Waals surface area contributed by atoms with Gasteiger partial charge in [0.05, 0.1) is 16.8 Å². The molecular weight excluding hydrogens is 318 g/mol. The Morgan fingerprint density at radius 3 is 1.29 bits per heavy atom. The van der Waals surface area contributed by atoms with E-state index in [1.165, 1.54) is 5.56 Å². The van der Waals surface area contributed by atoms with E-state index in [0.29, 0.717) is 0 Å². The summed E-state index contributed by atoms with van der Waals surface area (Å²) >= 11 is 0. The minimum atomic E-state index is -3.21. The fourth-order valence-electron chi connectivity index (χ4n) is 2.16. The van der Waals surface area contributed by atoms with E-state index >= 15 is 0 Å². The van der Waals surface area contributed by atoms with E-state index in [9.17, 15) is 0 Å². The fourth-order valence-corrected chi connectivity index (χ4v) is 5.38. The number of rotatable bonds is 5. The zero-order valence-electron chi connectivity index (χ0n) is 17.0. The van der Waals surface area contributed by atoms with Crippen molar-refractivity contribution >= 4 is 14.7 Å². The van der Waals surface area contributed by atoms with Crippen molar-refractivity contribution in [3.05, 3.63) is 29.8 Å². The highest BCUT2D eigenvalue weighted by molar-refractivity contribution is 6.64. The first-order valence-corrected chi connectivity index (χ1v) is 10.3. The van der Waals surface area contributed by atoms with Crippen molar-refractivity contribution in [2.45, 2.75) is 86.0 Å². The standard InChI is InChI=1S/C19H35NO3Si/c1-15-11-13-16(14-12-15)20-24(21-17(2,3)4,22-18(5,6)7)23-19(8,9)10/h11-14,20H,1-10H3. The average Bonchev–Trinajstić information content (AvgIpc) is 2.24. The Balaban J connectivity index is 3.28. The summed E-state index contributed by atoms with van der Waals surface area (Å²) in [5.41, 5.74) is 0.935. The molecule has 1 aromatic carbocycles. The highest BCUT2D eigenvalue weighted by atomic mass is 28.4. The van der Waals surface area contributed by atoms with Gasteiger partial charge in [-0.2, -0.15) is 0 Å². The number of hydrogen-bond donors (Lipinski definition) is 1. The molecular formula is C19H35NO3Si. The molecule has 1 rings (SSSR count). The van der Waals surface area contributed by atoms with Gasteiger partial charge in [-0.1, -0.05) is 17.7 Å². The van der Waals surface area contributed by atoms with Gasteiger partial charge in [-0.3, -0.25) is 0 Å². The molecule has 138 valence electrons. The molecule has 0 aliphatic heterocycles. The molecule has 1 aromatic rings. The second-order valence-electron chi connectivity index (χ2n) is 9.19. The van der Waals surface area contributed by atoms with Crippen LogP contribution in [0.25, 0.3) is 0 Å². The monoisotopic (exact) mass is 353 g/mol. The van der Waals surface area contributed by atoms with Crippen molar-refractivity contribution in [3.8, 4) is 0 Å². The molecule has 24 heavy (non-hydrogen) atoms. The van der Waals surface area contributed by atoms with Crippen LogP contribution in [0.1, 0.15) is 67.9 Å². The van der Waals surface area contributed by atoms with Gasteiger partial charge >= 0.3 is 8.97 Å². The van der Waals surface area contributed by atoms with Crippen LogP contribution in [0.3, 0.4) is 0 Å². The molecule has 0 radical (unpaired) electrons. The van der Waals surface area contributed by atoms with Gasteiger partial charge in [-0.25, -0.2) is 0 Å². The topological polar surface area (TPSA) is 39.7 Å². The zero-order valence-corrected chi connectivity index (χ0v) is 18.0. The molecule has 0 unspecified atom stereocenters. The lowest BCUT2D eigenvalue weighted by Gasteiger charge is -2.42. The highest BCUT2D eigenvalue weighted by Gasteiger charge is 2.52. The maximum atomic E-state index is 6.40. The molecule has 0 spiro atoms. The first-order valence-electron chi connectivity index (χ1n) is 8.55. The van der Waals surface area contributed by atoms with E-state index < -0.39 is 25.8 Å². The van der Waals surface area contributed by atoms with Crippen molar-refractivity contribution in [2.75, 3.05) is 4.98 Å². The summed E-state index contributed by atoms with van der Waals surface area (Å²) in [5.74, 6) is 0. The van der Waals surface area contributed by atoms with Crippen molar-refractivity contribution in [3.63, 3.8) is 0 Å². The molecule has 0 aromatic heterocycles. The second kappa shape index (κ2) is 7.16. The molecule has 0 aliphatic rings. The summed E-state index contributed by atoms with van der Waals surface area (Å²) in [6, 6.07) is 8.18. The van der Waals surface area contributed by atoms with Crippen LogP contribution in [-0.4, -0.2) is 25.8 Å². The number of nitrogens with one attached hydrogen (secondary N) is 1. The molecule has 0 fully saturated rings. The number of anilines is 1. The first-order chi connectivity index (χ1) is 10.6. The highest BCUT2D eigenvalue weighted by Crippen LogP contribution is 2.30. The summed E-state index contributed by atoms with van der Waals surface area (Å²) in [6.45, 7) is 20.2. The Hall–Kier alpha value is -0.883. The molecule has 0 heterocycles. The van der Waals surface area contributed by atoms with E-state index in [4.69, 9.17) is 13.3 Å². The van der Waals surface area contributed by atoms with E-state index in [1.807, 2.05) is 74.4 Å². The Morgan fingerprint density at radius 1 is 0.667 bits per heavy atom. The second-order valence-corrected chi connectivity index (χ2v) is 11.2.